The molecule has 2 unspecified atom stereocenters. The van der Waals surface area contributed by atoms with Gasteiger partial charge in [0.2, 0.25) is 5.91 Å². The number of methoxy groups -OCH3 is 1. The zero-order valence-corrected chi connectivity index (χ0v) is 37.6. The average molecular weight is 937 g/mol. The SMILES string of the molecule is COC(=O)N[C@H](C(=O)N[C@@H](Cc1ccc(C#Cc2ccc(N3CC4CCC(C3)N4C3COC3)nc2)cc1)[C@@H](O)CNCc1c(F)cc(C(N)=CC=N[C@H]2CCOC2)cc1F)C(C)(C)C(F)(F)F. The van der Waals surface area contributed by atoms with Crippen LogP contribution >= 0.6 is 0 Å². The minimum atomic E-state index is -4.95. The topological polar surface area (TPSA) is 176 Å². The molecule has 360 valence electrons. The van der Waals surface area contributed by atoms with E-state index in [1.165, 1.54) is 25.1 Å². The lowest BCUT2D eigenvalue weighted by molar-refractivity contribution is -0.220. The summed E-state index contributed by atoms with van der Waals surface area (Å²) in [6.45, 7) is 5.27. The molecule has 6 atom stereocenters. The number of carbonyl (C=O) groups is 2. The largest absolute Gasteiger partial charge is 0.453 e. The highest BCUT2D eigenvalue weighted by molar-refractivity contribution is 5.87. The predicted octanol–water partition coefficient (Wildman–Crippen LogP) is 4.46. The van der Waals surface area contributed by atoms with E-state index in [1.807, 2.05) is 17.4 Å². The van der Waals surface area contributed by atoms with Crippen LogP contribution in [0.15, 0.2) is 65.8 Å². The van der Waals surface area contributed by atoms with E-state index >= 15 is 8.78 Å². The number of fused-ring (bicyclic) bond motifs is 2. The second-order valence-corrected chi connectivity index (χ2v) is 17.9. The molecule has 14 nitrogen and oxygen atoms in total. The van der Waals surface area contributed by atoms with Crippen LogP contribution in [0.25, 0.3) is 5.70 Å². The normalized spacial score (nSPS) is 21.6. The van der Waals surface area contributed by atoms with E-state index in [0.29, 0.717) is 48.0 Å². The molecule has 4 aliphatic heterocycles. The van der Waals surface area contributed by atoms with Gasteiger partial charge in [-0.05, 0) is 87.6 Å². The number of ether oxygens (including phenoxy) is 3. The summed E-state index contributed by atoms with van der Waals surface area (Å²) >= 11 is 0. The first kappa shape index (κ1) is 49.3. The molecule has 0 radical (unpaired) electrons. The van der Waals surface area contributed by atoms with Gasteiger partial charge in [-0.25, -0.2) is 18.6 Å². The van der Waals surface area contributed by atoms with E-state index < -0.39 is 60.0 Å². The van der Waals surface area contributed by atoms with E-state index in [9.17, 15) is 27.9 Å². The Morgan fingerprint density at radius 1 is 0.970 bits per heavy atom. The highest BCUT2D eigenvalue weighted by Gasteiger charge is 2.56. The number of hydrogen-bond acceptors (Lipinski definition) is 12. The number of aliphatic imine (C=N–C) groups is 1. The van der Waals surface area contributed by atoms with Crippen molar-refractivity contribution in [1.29, 1.82) is 0 Å². The molecule has 0 spiro atoms. The van der Waals surface area contributed by atoms with Crippen LogP contribution in [0.2, 0.25) is 0 Å². The Bertz CT molecular complexity index is 2290. The molecular formula is C48H57F5N8O6. The van der Waals surface area contributed by atoms with Crippen molar-refractivity contribution in [3.63, 3.8) is 0 Å². The standard InChI is InChI=1S/C48H57F5N8O6/c1-47(2,48(51,52)53)44(59-46(64)65-3)45(63)58-41(42(62)23-55-22-37-38(49)19-32(20-39(37)50)40(54)14-16-56-33-15-17-66-26-33)18-30-7-4-29(5-8-30)6-9-31-10-13-43(57-21-31)60-24-34-11-12-35(25-60)61(34)36-27-67-28-36/h4-5,7-8,10,13-14,16,19-21,33-36,41-42,44,55,62H,11-12,15,17-18,22-28,54H2,1-3H3,(H,58,63)(H,59,64)/t33-,34?,35?,41-,42-,44+/m0/s1. The van der Waals surface area contributed by atoms with Crippen LogP contribution in [-0.2, 0) is 32.0 Å². The number of nitrogens with one attached hydrogen (secondary N) is 3. The quantitative estimate of drug-likeness (QED) is 0.0780. The molecule has 7 rings (SSSR count). The highest BCUT2D eigenvalue weighted by atomic mass is 19.4. The summed E-state index contributed by atoms with van der Waals surface area (Å²) in [7, 11) is 0.941. The number of nitrogens with zero attached hydrogens (tertiary/aromatic N) is 4. The zero-order chi connectivity index (χ0) is 47.9. The lowest BCUT2D eigenvalue weighted by Crippen LogP contribution is -2.62. The van der Waals surface area contributed by atoms with Crippen molar-refractivity contribution in [2.75, 3.05) is 58.1 Å². The Kier molecular flexibility index (Phi) is 15.8. The Labute approximate surface area is 386 Å². The third-order valence-electron chi connectivity index (χ3n) is 13.0. The Morgan fingerprint density at radius 3 is 2.22 bits per heavy atom. The van der Waals surface area contributed by atoms with Crippen molar-refractivity contribution in [3.05, 3.63) is 100 Å². The summed E-state index contributed by atoms with van der Waals surface area (Å²) in [6, 6.07) is 10.9. The van der Waals surface area contributed by atoms with Crippen LogP contribution in [0.5, 0.6) is 0 Å². The molecule has 6 N–H and O–H groups in total. The number of rotatable bonds is 16. The van der Waals surface area contributed by atoms with E-state index in [4.69, 9.17) is 20.2 Å². The monoisotopic (exact) mass is 936 g/mol. The molecule has 5 heterocycles. The number of piperazine rings is 1. The second kappa shape index (κ2) is 21.5. The van der Waals surface area contributed by atoms with Gasteiger partial charge in [-0.3, -0.25) is 14.7 Å². The van der Waals surface area contributed by atoms with Gasteiger partial charge in [0.1, 0.15) is 23.5 Å². The van der Waals surface area contributed by atoms with Gasteiger partial charge in [0, 0.05) is 85.2 Å². The maximum absolute atomic E-state index is 15.3. The minimum absolute atomic E-state index is 0.0160. The first-order valence-corrected chi connectivity index (χ1v) is 22.3. The molecule has 2 aromatic carbocycles. The van der Waals surface area contributed by atoms with Crippen LogP contribution in [0, 0.1) is 28.9 Å². The predicted molar refractivity (Wildman–Crippen MR) is 241 cm³/mol. The highest BCUT2D eigenvalue weighted by Crippen LogP contribution is 2.41. The number of aliphatic hydroxyl groups is 1. The van der Waals surface area contributed by atoms with Gasteiger partial charge in [0.15, 0.2) is 0 Å². The number of anilines is 1. The molecule has 4 fully saturated rings. The number of pyridine rings is 1. The molecular weight excluding hydrogens is 880 g/mol. The number of alkyl carbamates (subject to hydrolysis) is 1. The molecule has 4 aliphatic rings. The molecule has 2 bridgehead atoms. The first-order valence-electron chi connectivity index (χ1n) is 22.3. The number of allylic oxidation sites excluding steroid dienone is 1. The van der Waals surface area contributed by atoms with Crippen molar-refractivity contribution in [3.8, 4) is 11.8 Å². The zero-order valence-electron chi connectivity index (χ0n) is 37.6. The molecule has 2 amide bonds. The summed E-state index contributed by atoms with van der Waals surface area (Å²) in [4.78, 5) is 39.9. The fourth-order valence-electron chi connectivity index (χ4n) is 8.75. The third-order valence-corrected chi connectivity index (χ3v) is 13.0. The Morgan fingerprint density at radius 2 is 1.64 bits per heavy atom. The Hall–Kier alpha value is -5.65. The van der Waals surface area contributed by atoms with Crippen molar-refractivity contribution >= 4 is 29.7 Å². The fraction of sp³-hybridized carbons (Fsp3) is 0.500. The number of hydrogen-bond donors (Lipinski definition) is 5. The van der Waals surface area contributed by atoms with Gasteiger partial charge in [-0.15, -0.1) is 0 Å². The third kappa shape index (κ3) is 12.1. The second-order valence-electron chi connectivity index (χ2n) is 17.9. The summed E-state index contributed by atoms with van der Waals surface area (Å²) in [6.07, 6.45) is -0.100. The maximum atomic E-state index is 15.3. The van der Waals surface area contributed by atoms with Gasteiger partial charge < -0.3 is 45.9 Å². The summed E-state index contributed by atoms with van der Waals surface area (Å²) in [5.41, 5.74) is 4.99. The van der Waals surface area contributed by atoms with E-state index in [1.54, 1.807) is 30.5 Å². The maximum Gasteiger partial charge on any atom is 0.407 e. The van der Waals surface area contributed by atoms with Gasteiger partial charge in [0.05, 0.1) is 56.6 Å². The van der Waals surface area contributed by atoms with Crippen LogP contribution in [-0.4, -0.2) is 135 Å². The number of carbonyl (C=O) groups excluding carboxylic acids is 2. The van der Waals surface area contributed by atoms with Crippen molar-refractivity contribution in [1.82, 2.24) is 25.8 Å². The van der Waals surface area contributed by atoms with Gasteiger partial charge in [-0.1, -0.05) is 24.0 Å². The number of aromatic nitrogens is 1. The molecule has 1 aromatic heterocycles. The van der Waals surface area contributed by atoms with Gasteiger partial charge in [0.25, 0.3) is 0 Å². The number of alkyl halides is 3. The Balaban J connectivity index is 1.01. The fourth-order valence-corrected chi connectivity index (χ4v) is 8.75. The van der Waals surface area contributed by atoms with Crippen LogP contribution in [0.4, 0.5) is 32.6 Å². The number of benzene rings is 2. The lowest BCUT2D eigenvalue weighted by atomic mass is 9.82. The average Bonchev–Trinajstić information content (AvgIpc) is 3.88. The summed E-state index contributed by atoms with van der Waals surface area (Å²) in [5, 5.41) is 18.7. The molecule has 4 saturated heterocycles. The number of aliphatic hydroxyl groups excluding tert-OH is 1. The van der Waals surface area contributed by atoms with Crippen LogP contribution in [0.1, 0.15) is 60.9 Å². The van der Waals surface area contributed by atoms with Crippen LogP contribution < -0.4 is 26.6 Å². The van der Waals surface area contributed by atoms with Crippen LogP contribution in [0.3, 0.4) is 0 Å². The van der Waals surface area contributed by atoms with Crippen molar-refractivity contribution in [2.45, 2.75) is 94.6 Å². The minimum Gasteiger partial charge on any atom is -0.453 e. The number of amides is 2. The van der Waals surface area contributed by atoms with E-state index in [2.05, 4.69) is 42.0 Å². The first-order chi connectivity index (χ1) is 32.0. The number of halogens is 5. The van der Waals surface area contributed by atoms with Gasteiger partial charge >= 0.3 is 12.3 Å². The molecule has 0 saturated carbocycles. The molecule has 0 aliphatic carbocycles. The lowest BCUT2D eigenvalue weighted by Gasteiger charge is -2.47. The van der Waals surface area contributed by atoms with E-state index in [-0.39, 0.29) is 35.8 Å². The number of nitrogens with two attached hydrogens (primary N) is 1. The van der Waals surface area contributed by atoms with Gasteiger partial charge in [-0.2, -0.15) is 13.2 Å². The van der Waals surface area contributed by atoms with Crippen molar-refractivity contribution < 1.29 is 50.9 Å². The smallest absolute Gasteiger partial charge is 0.407 e. The molecule has 19 heteroatoms. The molecule has 67 heavy (non-hydrogen) atoms. The summed E-state index contributed by atoms with van der Waals surface area (Å²) < 4.78 is 88.5. The molecule has 3 aromatic rings. The summed E-state index contributed by atoms with van der Waals surface area (Å²) in [5.74, 6) is 4.05. The van der Waals surface area contributed by atoms with Crippen molar-refractivity contribution in [2.24, 2.45) is 16.1 Å². The van der Waals surface area contributed by atoms with E-state index in [0.717, 1.165) is 71.6 Å².